The molecule has 0 unspecified atom stereocenters. The Balaban J connectivity index is 1.33. The van der Waals surface area contributed by atoms with Crippen molar-refractivity contribution in [3.05, 3.63) is 54.5 Å². The molecule has 1 aliphatic heterocycles. The summed E-state index contributed by atoms with van der Waals surface area (Å²) >= 11 is 1.34. The number of methoxy groups -OCH3 is 1. The molecule has 1 fully saturated rings. The van der Waals surface area contributed by atoms with Crippen LogP contribution in [0.2, 0.25) is 0 Å². The number of ether oxygens (including phenoxy) is 2. The summed E-state index contributed by atoms with van der Waals surface area (Å²) in [5.74, 6) is 1.84. The first-order chi connectivity index (χ1) is 15.2. The van der Waals surface area contributed by atoms with E-state index in [0.717, 1.165) is 35.9 Å². The van der Waals surface area contributed by atoms with Crippen molar-refractivity contribution in [1.29, 1.82) is 0 Å². The highest BCUT2D eigenvalue weighted by Gasteiger charge is 2.16. The number of carbonyl (C=O) groups is 1. The Hall–Kier alpha value is -3.11. The van der Waals surface area contributed by atoms with E-state index in [1.807, 2.05) is 41.0 Å². The summed E-state index contributed by atoms with van der Waals surface area (Å²) in [6, 6.07) is 11.5. The van der Waals surface area contributed by atoms with Crippen LogP contribution in [0.15, 0.2) is 54.1 Å². The molecule has 2 aromatic heterocycles. The van der Waals surface area contributed by atoms with Crippen LogP contribution in [0.4, 0.5) is 5.82 Å². The molecule has 9 nitrogen and oxygen atoms in total. The van der Waals surface area contributed by atoms with Crippen LogP contribution in [0.3, 0.4) is 0 Å². The standard InChI is InChI=1S/C21H24N6O3S/c1-29-18-6-4-17(5-7-18)27-15-24-25-21(27)31-14-19(28)23-13-16-3-2-8-22-20(16)26-9-11-30-12-10-26/h2-8,15H,9-14H2,1H3,(H,23,28). The van der Waals surface area contributed by atoms with Crippen LogP contribution < -0.4 is 15.0 Å². The maximum absolute atomic E-state index is 12.5. The zero-order valence-corrected chi connectivity index (χ0v) is 18.0. The minimum Gasteiger partial charge on any atom is -0.497 e. The molecule has 0 bridgehead atoms. The lowest BCUT2D eigenvalue weighted by molar-refractivity contribution is -0.118. The third-order valence-electron chi connectivity index (χ3n) is 4.85. The molecule has 1 saturated heterocycles. The van der Waals surface area contributed by atoms with Gasteiger partial charge in [0, 0.05) is 37.1 Å². The lowest BCUT2D eigenvalue weighted by Crippen LogP contribution is -2.38. The average Bonchev–Trinajstić information content (AvgIpc) is 3.31. The van der Waals surface area contributed by atoms with Gasteiger partial charge in [0.05, 0.1) is 26.1 Å². The first kappa shape index (κ1) is 21.1. The van der Waals surface area contributed by atoms with E-state index in [2.05, 4.69) is 25.4 Å². The molecule has 162 valence electrons. The van der Waals surface area contributed by atoms with Crippen LogP contribution in [0.5, 0.6) is 5.75 Å². The summed E-state index contributed by atoms with van der Waals surface area (Å²) in [6.07, 6.45) is 3.41. The molecule has 0 saturated carbocycles. The highest BCUT2D eigenvalue weighted by molar-refractivity contribution is 7.99. The summed E-state index contributed by atoms with van der Waals surface area (Å²) in [5.41, 5.74) is 1.89. The molecule has 3 aromatic rings. The molecule has 1 amide bonds. The van der Waals surface area contributed by atoms with Crippen molar-refractivity contribution in [2.45, 2.75) is 11.7 Å². The normalized spacial score (nSPS) is 13.8. The largest absolute Gasteiger partial charge is 0.497 e. The number of anilines is 1. The summed E-state index contributed by atoms with van der Waals surface area (Å²) in [5, 5.41) is 11.8. The van der Waals surface area contributed by atoms with Crippen LogP contribution in [0.1, 0.15) is 5.56 Å². The van der Waals surface area contributed by atoms with E-state index in [1.54, 1.807) is 19.6 Å². The number of nitrogens with one attached hydrogen (secondary N) is 1. The molecule has 31 heavy (non-hydrogen) atoms. The number of rotatable bonds is 8. The third-order valence-corrected chi connectivity index (χ3v) is 5.80. The zero-order valence-electron chi connectivity index (χ0n) is 17.2. The van der Waals surface area contributed by atoms with E-state index >= 15 is 0 Å². The highest BCUT2D eigenvalue weighted by atomic mass is 32.2. The van der Waals surface area contributed by atoms with Crippen molar-refractivity contribution in [1.82, 2.24) is 25.1 Å². The number of amides is 1. The number of pyridine rings is 1. The molecule has 10 heteroatoms. The molecule has 0 aliphatic carbocycles. The van der Waals surface area contributed by atoms with Gasteiger partial charge in [-0.1, -0.05) is 17.8 Å². The second-order valence-corrected chi connectivity index (χ2v) is 7.77. The van der Waals surface area contributed by atoms with E-state index in [9.17, 15) is 4.79 Å². The summed E-state index contributed by atoms with van der Waals surface area (Å²) in [4.78, 5) is 19.2. The maximum Gasteiger partial charge on any atom is 0.230 e. The number of hydrogen-bond acceptors (Lipinski definition) is 8. The van der Waals surface area contributed by atoms with Crippen LogP contribution in [0.25, 0.3) is 5.69 Å². The van der Waals surface area contributed by atoms with Gasteiger partial charge in [-0.2, -0.15) is 0 Å². The zero-order chi connectivity index (χ0) is 21.5. The Morgan fingerprint density at radius 1 is 1.23 bits per heavy atom. The Kier molecular flexibility index (Phi) is 7.00. The number of carbonyl (C=O) groups excluding carboxylic acids is 1. The van der Waals surface area contributed by atoms with Gasteiger partial charge in [0.15, 0.2) is 5.16 Å². The number of aromatic nitrogens is 4. The van der Waals surface area contributed by atoms with Crippen LogP contribution in [-0.4, -0.2) is 64.8 Å². The van der Waals surface area contributed by atoms with Crippen molar-refractivity contribution in [2.24, 2.45) is 0 Å². The molecule has 0 radical (unpaired) electrons. The van der Waals surface area contributed by atoms with Crippen molar-refractivity contribution in [3.8, 4) is 11.4 Å². The van der Waals surface area contributed by atoms with Gasteiger partial charge in [0.2, 0.25) is 5.91 Å². The van der Waals surface area contributed by atoms with Gasteiger partial charge in [-0.05, 0) is 30.3 Å². The minimum absolute atomic E-state index is 0.0777. The first-order valence-electron chi connectivity index (χ1n) is 9.95. The Labute approximate surface area is 184 Å². The fourth-order valence-corrected chi connectivity index (χ4v) is 4.00. The van der Waals surface area contributed by atoms with Gasteiger partial charge in [-0.3, -0.25) is 9.36 Å². The van der Waals surface area contributed by atoms with E-state index in [1.165, 1.54) is 11.8 Å². The van der Waals surface area contributed by atoms with E-state index in [0.29, 0.717) is 24.9 Å². The molecular weight excluding hydrogens is 416 g/mol. The number of benzene rings is 1. The van der Waals surface area contributed by atoms with Crippen molar-refractivity contribution in [2.75, 3.05) is 44.1 Å². The summed E-state index contributed by atoms with van der Waals surface area (Å²) < 4.78 is 12.5. The molecular formula is C21H24N6O3S. The Bertz CT molecular complexity index is 1000. The molecule has 1 aromatic carbocycles. The fourth-order valence-electron chi connectivity index (χ4n) is 3.25. The van der Waals surface area contributed by atoms with Crippen molar-refractivity contribution in [3.63, 3.8) is 0 Å². The number of thioether (sulfide) groups is 1. The number of hydrogen-bond donors (Lipinski definition) is 1. The topological polar surface area (TPSA) is 94.4 Å². The monoisotopic (exact) mass is 440 g/mol. The molecule has 1 N–H and O–H groups in total. The average molecular weight is 441 g/mol. The molecule has 0 spiro atoms. The maximum atomic E-state index is 12.5. The van der Waals surface area contributed by atoms with Gasteiger partial charge in [0.25, 0.3) is 0 Å². The second kappa shape index (κ2) is 10.3. The molecule has 3 heterocycles. The van der Waals surface area contributed by atoms with E-state index < -0.39 is 0 Å². The van der Waals surface area contributed by atoms with Gasteiger partial charge < -0.3 is 19.7 Å². The number of nitrogens with zero attached hydrogens (tertiary/aromatic N) is 5. The smallest absolute Gasteiger partial charge is 0.230 e. The fraction of sp³-hybridized carbons (Fsp3) is 0.333. The van der Waals surface area contributed by atoms with E-state index in [4.69, 9.17) is 9.47 Å². The molecule has 0 atom stereocenters. The number of morpholine rings is 1. The quantitative estimate of drug-likeness (QED) is 0.531. The minimum atomic E-state index is -0.0777. The predicted molar refractivity (Wildman–Crippen MR) is 118 cm³/mol. The van der Waals surface area contributed by atoms with Crippen LogP contribution >= 0.6 is 11.8 Å². The van der Waals surface area contributed by atoms with Crippen molar-refractivity contribution >= 4 is 23.5 Å². The summed E-state index contributed by atoms with van der Waals surface area (Å²) in [7, 11) is 1.63. The summed E-state index contributed by atoms with van der Waals surface area (Å²) in [6.45, 7) is 3.40. The van der Waals surface area contributed by atoms with Crippen LogP contribution in [-0.2, 0) is 16.1 Å². The molecule has 4 rings (SSSR count). The lowest BCUT2D eigenvalue weighted by atomic mass is 10.2. The van der Waals surface area contributed by atoms with Gasteiger partial charge in [0.1, 0.15) is 17.9 Å². The first-order valence-corrected chi connectivity index (χ1v) is 10.9. The van der Waals surface area contributed by atoms with Crippen molar-refractivity contribution < 1.29 is 14.3 Å². The second-order valence-electron chi connectivity index (χ2n) is 6.83. The SMILES string of the molecule is COc1ccc(-n2cnnc2SCC(=O)NCc2cccnc2N2CCOCC2)cc1. The Morgan fingerprint density at radius 2 is 2.03 bits per heavy atom. The van der Waals surface area contributed by atoms with E-state index in [-0.39, 0.29) is 11.7 Å². The predicted octanol–water partition coefficient (Wildman–Crippen LogP) is 1.92. The third kappa shape index (κ3) is 5.33. The lowest BCUT2D eigenvalue weighted by Gasteiger charge is -2.29. The van der Waals surface area contributed by atoms with Gasteiger partial charge in [-0.25, -0.2) is 4.98 Å². The van der Waals surface area contributed by atoms with Crippen LogP contribution in [0, 0.1) is 0 Å². The van der Waals surface area contributed by atoms with Gasteiger partial charge >= 0.3 is 0 Å². The molecule has 1 aliphatic rings. The Morgan fingerprint density at radius 3 is 2.81 bits per heavy atom. The highest BCUT2D eigenvalue weighted by Crippen LogP contribution is 2.22. The van der Waals surface area contributed by atoms with Gasteiger partial charge in [-0.15, -0.1) is 10.2 Å².